The lowest BCUT2D eigenvalue weighted by Crippen LogP contribution is -2.31. The van der Waals surface area contributed by atoms with Crippen molar-refractivity contribution in [1.29, 1.82) is 0 Å². The lowest BCUT2D eigenvalue weighted by molar-refractivity contribution is -0.124. The van der Waals surface area contributed by atoms with Crippen LogP contribution < -0.4 is 5.32 Å². The van der Waals surface area contributed by atoms with Gasteiger partial charge in [0.2, 0.25) is 0 Å². The molecule has 0 spiro atoms. The van der Waals surface area contributed by atoms with Crippen LogP contribution in [0.1, 0.15) is 28.9 Å². The van der Waals surface area contributed by atoms with Crippen LogP contribution in [-0.4, -0.2) is 18.5 Å². The van der Waals surface area contributed by atoms with Gasteiger partial charge in [-0.3, -0.25) is 4.79 Å². The Balaban J connectivity index is 1.83. The van der Waals surface area contributed by atoms with Gasteiger partial charge in [-0.25, -0.2) is 4.79 Å². The van der Waals surface area contributed by atoms with Gasteiger partial charge in [0.15, 0.2) is 6.61 Å². The fourth-order valence-corrected chi connectivity index (χ4v) is 2.03. The topological polar surface area (TPSA) is 55.4 Å². The zero-order valence-electron chi connectivity index (χ0n) is 12.1. The van der Waals surface area contributed by atoms with Crippen LogP contribution in [0.25, 0.3) is 0 Å². The number of ether oxygens (including phenoxy) is 1. The number of rotatable bonds is 5. The third kappa shape index (κ3) is 4.60. The number of hydrogen-bond acceptors (Lipinski definition) is 3. The van der Waals surface area contributed by atoms with E-state index in [0.717, 1.165) is 5.56 Å². The number of carbonyl (C=O) groups excluding carboxylic acids is 2. The van der Waals surface area contributed by atoms with Crippen LogP contribution in [-0.2, 0) is 9.53 Å². The number of halogens is 1. The van der Waals surface area contributed by atoms with E-state index in [4.69, 9.17) is 16.3 Å². The molecule has 1 N–H and O–H groups in total. The Labute approximate surface area is 134 Å². The number of hydrogen-bond donors (Lipinski definition) is 1. The Morgan fingerprint density at radius 1 is 1.09 bits per heavy atom. The first-order valence-corrected chi connectivity index (χ1v) is 7.21. The maximum Gasteiger partial charge on any atom is 0.338 e. The number of carbonyl (C=O) groups is 2. The summed E-state index contributed by atoms with van der Waals surface area (Å²) in [6.07, 6.45) is 0. The highest BCUT2D eigenvalue weighted by Gasteiger charge is 2.12. The van der Waals surface area contributed by atoms with E-state index >= 15 is 0 Å². The van der Waals surface area contributed by atoms with Gasteiger partial charge in [-0.1, -0.05) is 41.9 Å². The Morgan fingerprint density at radius 2 is 1.73 bits per heavy atom. The highest BCUT2D eigenvalue weighted by atomic mass is 35.5. The van der Waals surface area contributed by atoms with Gasteiger partial charge in [-0.15, -0.1) is 0 Å². The predicted molar refractivity (Wildman–Crippen MR) is 84.7 cm³/mol. The summed E-state index contributed by atoms with van der Waals surface area (Å²) in [6, 6.07) is 15.5. The van der Waals surface area contributed by atoms with Crippen LogP contribution in [0, 0.1) is 0 Å². The van der Waals surface area contributed by atoms with Gasteiger partial charge in [0.1, 0.15) is 0 Å². The Morgan fingerprint density at radius 3 is 2.36 bits per heavy atom. The summed E-state index contributed by atoms with van der Waals surface area (Å²) < 4.78 is 4.97. The van der Waals surface area contributed by atoms with Crippen molar-refractivity contribution in [2.75, 3.05) is 6.61 Å². The molecule has 0 aliphatic rings. The quantitative estimate of drug-likeness (QED) is 0.860. The van der Waals surface area contributed by atoms with Crippen molar-refractivity contribution in [2.45, 2.75) is 13.0 Å². The van der Waals surface area contributed by atoms with Crippen molar-refractivity contribution in [3.8, 4) is 0 Å². The molecule has 0 heterocycles. The zero-order valence-corrected chi connectivity index (χ0v) is 12.8. The summed E-state index contributed by atoms with van der Waals surface area (Å²) in [6.45, 7) is 1.53. The smallest absolute Gasteiger partial charge is 0.338 e. The number of benzene rings is 2. The molecule has 0 radical (unpaired) electrons. The third-order valence-electron chi connectivity index (χ3n) is 3.09. The van der Waals surface area contributed by atoms with E-state index < -0.39 is 5.97 Å². The van der Waals surface area contributed by atoms with Crippen LogP contribution in [0.3, 0.4) is 0 Å². The maximum absolute atomic E-state index is 11.8. The molecule has 2 aromatic carbocycles. The highest BCUT2D eigenvalue weighted by molar-refractivity contribution is 6.30. The van der Waals surface area contributed by atoms with E-state index in [0.29, 0.717) is 10.6 Å². The lowest BCUT2D eigenvalue weighted by atomic mass is 10.1. The Kier molecular flexibility index (Phi) is 5.55. The Hall–Kier alpha value is -2.33. The SMILES string of the molecule is C[C@@H](NC(=O)COC(=O)c1ccccc1)c1ccc(Cl)cc1. The molecule has 5 heteroatoms. The lowest BCUT2D eigenvalue weighted by Gasteiger charge is -2.14. The standard InChI is InChI=1S/C17H16ClNO3/c1-12(13-7-9-15(18)10-8-13)19-16(20)11-22-17(21)14-5-3-2-4-6-14/h2-10,12H,11H2,1H3,(H,19,20)/t12-/m1/s1. The number of esters is 1. The van der Waals surface area contributed by atoms with E-state index in [1.807, 2.05) is 19.1 Å². The van der Waals surface area contributed by atoms with Crippen molar-refractivity contribution in [3.05, 3.63) is 70.7 Å². The summed E-state index contributed by atoms with van der Waals surface area (Å²) in [7, 11) is 0. The van der Waals surface area contributed by atoms with Crippen LogP contribution in [0.4, 0.5) is 0 Å². The van der Waals surface area contributed by atoms with Crippen LogP contribution >= 0.6 is 11.6 Å². The van der Waals surface area contributed by atoms with Gasteiger partial charge >= 0.3 is 5.97 Å². The van der Waals surface area contributed by atoms with E-state index in [1.165, 1.54) is 0 Å². The summed E-state index contributed by atoms with van der Waals surface area (Å²) in [4.78, 5) is 23.5. The molecule has 0 aliphatic heterocycles. The first kappa shape index (κ1) is 16.0. The van der Waals surface area contributed by atoms with Crippen LogP contribution in [0.2, 0.25) is 5.02 Å². The molecule has 0 fully saturated rings. The number of nitrogens with one attached hydrogen (secondary N) is 1. The van der Waals surface area contributed by atoms with Crippen molar-refractivity contribution in [2.24, 2.45) is 0 Å². The average molecular weight is 318 g/mol. The Bertz CT molecular complexity index is 641. The molecule has 0 bridgehead atoms. The molecule has 0 aromatic heterocycles. The molecule has 1 amide bonds. The summed E-state index contributed by atoms with van der Waals surface area (Å²) in [5.41, 5.74) is 1.34. The number of amides is 1. The second kappa shape index (κ2) is 7.61. The van der Waals surface area contributed by atoms with Gasteiger partial charge < -0.3 is 10.1 Å². The predicted octanol–water partition coefficient (Wildman–Crippen LogP) is 3.37. The summed E-state index contributed by atoms with van der Waals surface area (Å²) in [5.74, 6) is -0.873. The average Bonchev–Trinajstić information content (AvgIpc) is 2.54. The summed E-state index contributed by atoms with van der Waals surface area (Å²) in [5, 5.41) is 3.40. The largest absolute Gasteiger partial charge is 0.452 e. The van der Waals surface area contributed by atoms with E-state index in [2.05, 4.69) is 5.32 Å². The molecule has 1 atom stereocenters. The zero-order chi connectivity index (χ0) is 15.9. The molecule has 0 saturated heterocycles. The van der Waals surface area contributed by atoms with Crippen molar-refractivity contribution in [1.82, 2.24) is 5.32 Å². The van der Waals surface area contributed by atoms with Gasteiger partial charge in [0.05, 0.1) is 11.6 Å². The van der Waals surface area contributed by atoms with Gasteiger partial charge in [0, 0.05) is 5.02 Å². The van der Waals surface area contributed by atoms with Gasteiger partial charge in [0.25, 0.3) is 5.91 Å². The summed E-state index contributed by atoms with van der Waals surface area (Å²) >= 11 is 5.82. The molecule has 0 unspecified atom stereocenters. The highest BCUT2D eigenvalue weighted by Crippen LogP contribution is 2.15. The first-order valence-electron chi connectivity index (χ1n) is 6.83. The molecule has 4 nitrogen and oxygen atoms in total. The molecule has 0 saturated carbocycles. The molecule has 114 valence electrons. The minimum Gasteiger partial charge on any atom is -0.452 e. The molecular weight excluding hydrogens is 302 g/mol. The van der Waals surface area contributed by atoms with E-state index in [9.17, 15) is 9.59 Å². The van der Waals surface area contributed by atoms with E-state index in [1.54, 1.807) is 42.5 Å². The molecule has 2 aromatic rings. The normalized spacial score (nSPS) is 11.5. The van der Waals surface area contributed by atoms with Crippen molar-refractivity contribution >= 4 is 23.5 Å². The second-order valence-corrected chi connectivity index (χ2v) is 5.22. The fourth-order valence-electron chi connectivity index (χ4n) is 1.91. The first-order chi connectivity index (χ1) is 10.6. The maximum atomic E-state index is 11.8. The van der Waals surface area contributed by atoms with E-state index in [-0.39, 0.29) is 18.6 Å². The fraction of sp³-hybridized carbons (Fsp3) is 0.176. The monoisotopic (exact) mass is 317 g/mol. The molecule has 0 aliphatic carbocycles. The van der Waals surface area contributed by atoms with Gasteiger partial charge in [-0.2, -0.15) is 0 Å². The molecule has 2 rings (SSSR count). The molecular formula is C17H16ClNO3. The van der Waals surface area contributed by atoms with Crippen LogP contribution in [0.15, 0.2) is 54.6 Å². The second-order valence-electron chi connectivity index (χ2n) is 4.78. The third-order valence-corrected chi connectivity index (χ3v) is 3.34. The minimum atomic E-state index is -0.519. The van der Waals surface area contributed by atoms with Crippen molar-refractivity contribution < 1.29 is 14.3 Å². The van der Waals surface area contributed by atoms with Gasteiger partial charge in [-0.05, 0) is 36.8 Å². The van der Waals surface area contributed by atoms with Crippen molar-refractivity contribution in [3.63, 3.8) is 0 Å². The van der Waals surface area contributed by atoms with Crippen LogP contribution in [0.5, 0.6) is 0 Å². The molecule has 22 heavy (non-hydrogen) atoms. The minimum absolute atomic E-state index is 0.194.